The monoisotopic (exact) mass is 510 g/mol. The van der Waals surface area contributed by atoms with Crippen LogP contribution >= 0.6 is 0 Å². The quantitative estimate of drug-likeness (QED) is 0.294. The van der Waals surface area contributed by atoms with E-state index in [-0.39, 0.29) is 29.8 Å². The molecule has 0 aliphatic heterocycles. The van der Waals surface area contributed by atoms with Gasteiger partial charge >= 0.3 is 0 Å². The van der Waals surface area contributed by atoms with Gasteiger partial charge in [0.2, 0.25) is 21.8 Å². The molecule has 0 bridgehead atoms. The molecule has 188 valence electrons. The second-order valence-corrected chi connectivity index (χ2v) is 9.50. The van der Waals surface area contributed by atoms with Crippen LogP contribution in [0.5, 0.6) is 11.6 Å². The van der Waals surface area contributed by atoms with Crippen molar-refractivity contribution in [3.63, 3.8) is 0 Å². The number of anilines is 1. The molecule has 0 spiro atoms. The fraction of sp³-hybridized carbons (Fsp3) is 0.250. The summed E-state index contributed by atoms with van der Waals surface area (Å²) in [5.74, 6) is 1.29. The van der Waals surface area contributed by atoms with Crippen LogP contribution in [-0.2, 0) is 14.8 Å². The number of sulfonamides is 1. The van der Waals surface area contributed by atoms with E-state index in [4.69, 9.17) is 9.47 Å². The van der Waals surface area contributed by atoms with Crippen molar-refractivity contribution in [1.82, 2.24) is 24.5 Å². The minimum atomic E-state index is -3.75. The Hall–Kier alpha value is -4.03. The molecular weight excluding hydrogens is 484 g/mol. The molecule has 36 heavy (non-hydrogen) atoms. The molecule has 0 aliphatic rings. The third-order valence-electron chi connectivity index (χ3n) is 5.16. The maximum Gasteiger partial charge on any atom is 0.240 e. The number of carbonyl (C=O) groups is 1. The number of aromatic nitrogens is 4. The lowest BCUT2D eigenvalue weighted by atomic mass is 10.2. The van der Waals surface area contributed by atoms with E-state index in [2.05, 4.69) is 25.3 Å². The molecule has 0 atom stereocenters. The first-order valence-electron chi connectivity index (χ1n) is 11.3. The molecule has 11 nitrogen and oxygen atoms in total. The highest BCUT2D eigenvalue weighted by Gasteiger charge is 2.16. The largest absolute Gasteiger partial charge is 0.496 e. The van der Waals surface area contributed by atoms with Gasteiger partial charge in [-0.3, -0.25) is 4.79 Å². The first-order valence-corrected chi connectivity index (χ1v) is 12.8. The smallest absolute Gasteiger partial charge is 0.240 e. The van der Waals surface area contributed by atoms with Gasteiger partial charge in [0.1, 0.15) is 12.4 Å². The zero-order valence-electron chi connectivity index (χ0n) is 19.8. The lowest BCUT2D eigenvalue weighted by molar-refractivity contribution is -0.116. The van der Waals surface area contributed by atoms with Crippen molar-refractivity contribution in [2.75, 3.05) is 25.6 Å². The number of hydrogen-bond acceptors (Lipinski definition) is 8. The zero-order chi connectivity index (χ0) is 25.5. The molecule has 2 heterocycles. The molecule has 12 heteroatoms. The van der Waals surface area contributed by atoms with Crippen LogP contribution in [0.25, 0.3) is 17.0 Å². The van der Waals surface area contributed by atoms with E-state index >= 15 is 0 Å². The van der Waals surface area contributed by atoms with E-state index in [1.54, 1.807) is 31.4 Å². The Bertz CT molecular complexity index is 1450. The summed E-state index contributed by atoms with van der Waals surface area (Å²) in [7, 11) is -2.17. The molecule has 2 N–H and O–H groups in total. The first-order chi connectivity index (χ1) is 17.4. The molecule has 2 aromatic carbocycles. The molecular formula is C24H26N6O5S. The van der Waals surface area contributed by atoms with Crippen LogP contribution in [0.2, 0.25) is 0 Å². The van der Waals surface area contributed by atoms with Gasteiger partial charge in [0.05, 0.1) is 17.6 Å². The summed E-state index contributed by atoms with van der Waals surface area (Å²) in [6.07, 6.45) is 1.14. The highest BCUT2D eigenvalue weighted by atomic mass is 32.2. The normalized spacial score (nSPS) is 11.4. The summed E-state index contributed by atoms with van der Waals surface area (Å²) < 4.78 is 40.3. The maximum atomic E-state index is 12.6. The van der Waals surface area contributed by atoms with E-state index in [1.165, 1.54) is 16.6 Å². The second kappa shape index (κ2) is 11.1. The van der Waals surface area contributed by atoms with Crippen LogP contribution in [0.15, 0.2) is 65.6 Å². The predicted molar refractivity (Wildman–Crippen MR) is 133 cm³/mol. The highest BCUT2D eigenvalue weighted by molar-refractivity contribution is 7.89. The Morgan fingerprint density at radius 3 is 2.56 bits per heavy atom. The van der Waals surface area contributed by atoms with Gasteiger partial charge in [-0.2, -0.15) is 4.52 Å². The van der Waals surface area contributed by atoms with Gasteiger partial charge in [-0.1, -0.05) is 19.1 Å². The van der Waals surface area contributed by atoms with Crippen molar-refractivity contribution < 1.29 is 22.7 Å². The van der Waals surface area contributed by atoms with Crippen LogP contribution in [0.1, 0.15) is 19.8 Å². The lowest BCUT2D eigenvalue weighted by Crippen LogP contribution is -2.28. The number of carbonyl (C=O) groups excluding carboxylic acids is 1. The Kier molecular flexibility index (Phi) is 7.76. The van der Waals surface area contributed by atoms with Gasteiger partial charge in [0, 0.05) is 24.7 Å². The fourth-order valence-electron chi connectivity index (χ4n) is 3.43. The zero-order valence-corrected chi connectivity index (χ0v) is 20.7. The summed E-state index contributed by atoms with van der Waals surface area (Å²) in [5.41, 5.74) is 1.79. The van der Waals surface area contributed by atoms with Gasteiger partial charge in [-0.25, -0.2) is 13.1 Å². The van der Waals surface area contributed by atoms with Crippen molar-refractivity contribution in [2.45, 2.75) is 24.7 Å². The van der Waals surface area contributed by atoms with Crippen LogP contribution in [0.4, 0.5) is 5.69 Å². The second-order valence-electron chi connectivity index (χ2n) is 7.73. The molecule has 1 amide bonds. The van der Waals surface area contributed by atoms with Crippen LogP contribution < -0.4 is 19.5 Å². The Balaban J connectivity index is 1.37. The fourth-order valence-corrected chi connectivity index (χ4v) is 4.44. The highest BCUT2D eigenvalue weighted by Crippen LogP contribution is 2.28. The number of nitrogens with zero attached hydrogens (tertiary/aromatic N) is 4. The number of methoxy groups -OCH3 is 1. The average molecular weight is 511 g/mol. The summed E-state index contributed by atoms with van der Waals surface area (Å²) in [5, 5.41) is 15.5. The number of nitrogens with one attached hydrogen (secondary N) is 2. The predicted octanol–water partition coefficient (Wildman–Crippen LogP) is 2.90. The molecule has 0 unspecified atom stereocenters. The molecule has 0 radical (unpaired) electrons. The number of fused-ring (bicyclic) bond motifs is 1. The SMILES string of the molecule is CCCC(=O)Nc1ccc(S(=O)(=O)NCCOc2ccc3nnc(-c4ccccc4OC)n3n2)cc1. The van der Waals surface area contributed by atoms with Crippen molar-refractivity contribution in [2.24, 2.45) is 0 Å². The van der Waals surface area contributed by atoms with Gasteiger partial charge < -0.3 is 14.8 Å². The summed E-state index contributed by atoms with van der Waals surface area (Å²) in [6, 6.07) is 16.7. The van der Waals surface area contributed by atoms with Crippen LogP contribution in [-0.4, -0.2) is 54.4 Å². The number of para-hydroxylation sites is 1. The van der Waals surface area contributed by atoms with Gasteiger partial charge in [0.25, 0.3) is 0 Å². The van der Waals surface area contributed by atoms with Crippen molar-refractivity contribution in [1.29, 1.82) is 0 Å². The first kappa shape index (κ1) is 25.1. The molecule has 4 aromatic rings. The average Bonchev–Trinajstić information content (AvgIpc) is 3.30. The molecule has 0 saturated heterocycles. The molecule has 2 aromatic heterocycles. The van der Waals surface area contributed by atoms with E-state index in [9.17, 15) is 13.2 Å². The maximum absolute atomic E-state index is 12.6. The Labute approximate surface area is 208 Å². The summed E-state index contributed by atoms with van der Waals surface area (Å²) in [6.45, 7) is 1.99. The minimum absolute atomic E-state index is 0.0264. The minimum Gasteiger partial charge on any atom is -0.496 e. The topological polar surface area (TPSA) is 137 Å². The molecule has 0 aliphatic carbocycles. The summed E-state index contributed by atoms with van der Waals surface area (Å²) >= 11 is 0. The third kappa shape index (κ3) is 5.78. The number of rotatable bonds is 11. The third-order valence-corrected chi connectivity index (χ3v) is 6.63. The van der Waals surface area contributed by atoms with Crippen molar-refractivity contribution in [3.05, 3.63) is 60.7 Å². The van der Waals surface area contributed by atoms with Gasteiger partial charge in [-0.15, -0.1) is 15.3 Å². The van der Waals surface area contributed by atoms with E-state index < -0.39 is 10.0 Å². The number of benzene rings is 2. The number of ether oxygens (including phenoxy) is 2. The molecule has 0 fully saturated rings. The van der Waals surface area contributed by atoms with Gasteiger partial charge in [0.15, 0.2) is 11.5 Å². The van der Waals surface area contributed by atoms with E-state index in [1.807, 2.05) is 31.2 Å². The lowest BCUT2D eigenvalue weighted by Gasteiger charge is -2.10. The number of hydrogen-bond donors (Lipinski definition) is 2. The standard InChI is InChI=1S/C24H26N6O5S/c1-3-6-22(31)26-17-9-11-18(12-10-17)36(32,33)25-15-16-35-23-14-13-21-27-28-24(30(21)29-23)19-7-4-5-8-20(19)34-2/h4-5,7-14,25H,3,6,15-16H2,1-2H3,(H,26,31). The van der Waals surface area contributed by atoms with E-state index in [0.717, 1.165) is 12.0 Å². The van der Waals surface area contributed by atoms with Crippen molar-refractivity contribution >= 4 is 27.3 Å². The Morgan fingerprint density at radius 2 is 1.81 bits per heavy atom. The van der Waals surface area contributed by atoms with Gasteiger partial charge in [-0.05, 0) is 48.9 Å². The van der Waals surface area contributed by atoms with Crippen LogP contribution in [0, 0.1) is 0 Å². The number of amides is 1. The summed E-state index contributed by atoms with van der Waals surface area (Å²) in [4.78, 5) is 11.8. The molecule has 4 rings (SSSR count). The molecule has 0 saturated carbocycles. The Morgan fingerprint density at radius 1 is 1.03 bits per heavy atom. The van der Waals surface area contributed by atoms with Crippen molar-refractivity contribution in [3.8, 4) is 23.0 Å². The van der Waals surface area contributed by atoms with E-state index in [0.29, 0.717) is 29.3 Å². The van der Waals surface area contributed by atoms with Crippen LogP contribution in [0.3, 0.4) is 0 Å².